The lowest BCUT2D eigenvalue weighted by atomic mass is 10.2. The Bertz CT molecular complexity index is 1280. The van der Waals surface area contributed by atoms with Crippen LogP contribution in [-0.4, -0.2) is 26.6 Å². The molecule has 3 aromatic carbocycles. The highest BCUT2D eigenvalue weighted by atomic mass is 16.3. The van der Waals surface area contributed by atoms with Crippen LogP contribution in [0, 0.1) is 0 Å². The molecule has 8 heteroatoms. The SMILES string of the molecule is O=C(N=Nc1c(O)n(Cc2ccccc2)c2ccccc12)C(=O)Nc1ccc(O)cc1. The summed E-state index contributed by atoms with van der Waals surface area (Å²) in [5, 5.41) is 30.4. The first-order chi connectivity index (χ1) is 15.0. The van der Waals surface area contributed by atoms with Crippen LogP contribution >= 0.6 is 0 Å². The van der Waals surface area contributed by atoms with E-state index in [2.05, 4.69) is 15.5 Å². The number of carbonyl (C=O) groups is 2. The Labute approximate surface area is 177 Å². The number of fused-ring (bicyclic) bond motifs is 1. The zero-order valence-electron chi connectivity index (χ0n) is 16.3. The van der Waals surface area contributed by atoms with Crippen LogP contribution in [0.5, 0.6) is 11.6 Å². The second kappa shape index (κ2) is 8.50. The predicted molar refractivity (Wildman–Crippen MR) is 115 cm³/mol. The molecule has 8 nitrogen and oxygen atoms in total. The van der Waals surface area contributed by atoms with Gasteiger partial charge in [0.1, 0.15) is 5.75 Å². The van der Waals surface area contributed by atoms with Crippen LogP contribution in [0.4, 0.5) is 11.4 Å². The number of phenols is 1. The highest BCUT2D eigenvalue weighted by Crippen LogP contribution is 2.39. The van der Waals surface area contributed by atoms with Crippen molar-refractivity contribution in [1.82, 2.24) is 4.57 Å². The fraction of sp³-hybridized carbons (Fsp3) is 0.0435. The van der Waals surface area contributed by atoms with E-state index in [1.165, 1.54) is 24.3 Å². The zero-order valence-corrected chi connectivity index (χ0v) is 16.3. The average Bonchev–Trinajstić information content (AvgIpc) is 3.05. The highest BCUT2D eigenvalue weighted by Gasteiger charge is 2.18. The Kier molecular flexibility index (Phi) is 5.44. The van der Waals surface area contributed by atoms with E-state index in [1.807, 2.05) is 42.5 Å². The van der Waals surface area contributed by atoms with Gasteiger partial charge in [0.2, 0.25) is 5.88 Å². The molecule has 4 rings (SSSR count). The van der Waals surface area contributed by atoms with Crippen molar-refractivity contribution in [1.29, 1.82) is 0 Å². The first-order valence-electron chi connectivity index (χ1n) is 9.43. The van der Waals surface area contributed by atoms with Crippen LogP contribution in [-0.2, 0) is 16.1 Å². The van der Waals surface area contributed by atoms with Crippen molar-refractivity contribution in [3.05, 3.63) is 84.4 Å². The van der Waals surface area contributed by atoms with E-state index < -0.39 is 11.8 Å². The second-order valence-corrected chi connectivity index (χ2v) is 6.77. The maximum absolute atomic E-state index is 12.1. The van der Waals surface area contributed by atoms with Crippen molar-refractivity contribution in [3.63, 3.8) is 0 Å². The molecule has 0 radical (unpaired) electrons. The molecule has 0 spiro atoms. The van der Waals surface area contributed by atoms with Crippen LogP contribution in [0.15, 0.2) is 89.1 Å². The van der Waals surface area contributed by atoms with Crippen molar-refractivity contribution < 1.29 is 19.8 Å². The molecule has 0 unspecified atom stereocenters. The third-order valence-corrected chi connectivity index (χ3v) is 4.66. The van der Waals surface area contributed by atoms with E-state index in [0.717, 1.165) is 11.1 Å². The largest absolute Gasteiger partial charge is 0.508 e. The van der Waals surface area contributed by atoms with Gasteiger partial charge in [-0.15, -0.1) is 10.2 Å². The number of rotatable bonds is 4. The van der Waals surface area contributed by atoms with Gasteiger partial charge in [-0.25, -0.2) is 0 Å². The van der Waals surface area contributed by atoms with E-state index in [9.17, 15) is 19.8 Å². The maximum Gasteiger partial charge on any atom is 0.353 e. The van der Waals surface area contributed by atoms with Crippen molar-refractivity contribution in [2.45, 2.75) is 6.54 Å². The number of anilines is 1. The number of amides is 2. The Hall–Kier alpha value is -4.46. The molecular weight excluding hydrogens is 396 g/mol. The number of benzene rings is 3. The number of nitrogens with zero attached hydrogens (tertiary/aromatic N) is 3. The van der Waals surface area contributed by atoms with Crippen LogP contribution in [0.2, 0.25) is 0 Å². The lowest BCUT2D eigenvalue weighted by Gasteiger charge is -2.06. The number of azo groups is 1. The molecule has 1 aromatic heterocycles. The Morgan fingerprint density at radius 2 is 1.55 bits per heavy atom. The van der Waals surface area contributed by atoms with Gasteiger partial charge in [-0.2, -0.15) is 0 Å². The molecule has 4 aromatic rings. The summed E-state index contributed by atoms with van der Waals surface area (Å²) in [7, 11) is 0. The molecule has 0 saturated carbocycles. The number of para-hydroxylation sites is 1. The Balaban J connectivity index is 1.59. The minimum atomic E-state index is -1.12. The third-order valence-electron chi connectivity index (χ3n) is 4.66. The first kappa shape index (κ1) is 19.8. The number of carbonyl (C=O) groups excluding carboxylic acids is 2. The van der Waals surface area contributed by atoms with Crippen molar-refractivity contribution in [2.24, 2.45) is 10.2 Å². The van der Waals surface area contributed by atoms with Gasteiger partial charge in [0.15, 0.2) is 5.69 Å². The smallest absolute Gasteiger partial charge is 0.353 e. The summed E-state index contributed by atoms with van der Waals surface area (Å²) >= 11 is 0. The summed E-state index contributed by atoms with van der Waals surface area (Å²) < 4.78 is 1.67. The third kappa shape index (κ3) is 4.27. The van der Waals surface area contributed by atoms with Gasteiger partial charge in [-0.1, -0.05) is 48.5 Å². The number of nitrogens with one attached hydrogen (secondary N) is 1. The molecule has 0 aliphatic rings. The summed E-state index contributed by atoms with van der Waals surface area (Å²) in [5.41, 5.74) is 2.14. The van der Waals surface area contributed by atoms with Gasteiger partial charge in [0.05, 0.1) is 12.1 Å². The van der Waals surface area contributed by atoms with E-state index >= 15 is 0 Å². The quantitative estimate of drug-likeness (QED) is 0.261. The molecule has 0 atom stereocenters. The Morgan fingerprint density at radius 1 is 0.871 bits per heavy atom. The normalized spacial score (nSPS) is 11.1. The fourth-order valence-corrected chi connectivity index (χ4v) is 3.17. The number of hydrogen-bond acceptors (Lipinski definition) is 5. The molecule has 1 heterocycles. The fourth-order valence-electron chi connectivity index (χ4n) is 3.17. The summed E-state index contributed by atoms with van der Waals surface area (Å²) in [6, 6.07) is 22.4. The van der Waals surface area contributed by atoms with Crippen molar-refractivity contribution >= 4 is 34.1 Å². The van der Waals surface area contributed by atoms with Crippen LogP contribution in [0.1, 0.15) is 5.56 Å². The van der Waals surface area contributed by atoms with Gasteiger partial charge in [0, 0.05) is 11.1 Å². The standard InChI is InChI=1S/C23H18N4O4/c28-17-12-10-16(11-13-17)24-21(29)22(30)26-25-20-18-8-4-5-9-19(18)27(23(20)31)14-15-6-2-1-3-7-15/h1-13,28,31H,14H2,(H,24,29). The monoisotopic (exact) mass is 414 g/mol. The number of phenolic OH excluding ortho intramolecular Hbond substituents is 1. The predicted octanol–water partition coefficient (Wildman–Crippen LogP) is 4.35. The lowest BCUT2D eigenvalue weighted by Crippen LogP contribution is -2.20. The summed E-state index contributed by atoms with van der Waals surface area (Å²) in [6.45, 7) is 0.401. The first-order valence-corrected chi connectivity index (χ1v) is 9.43. The minimum Gasteiger partial charge on any atom is -0.508 e. The zero-order chi connectivity index (χ0) is 21.8. The molecule has 0 aliphatic carbocycles. The summed E-state index contributed by atoms with van der Waals surface area (Å²) in [4.78, 5) is 24.2. The molecule has 0 saturated heterocycles. The molecule has 154 valence electrons. The second-order valence-electron chi connectivity index (χ2n) is 6.77. The van der Waals surface area contributed by atoms with Crippen molar-refractivity contribution in [2.75, 3.05) is 5.32 Å². The number of aromatic nitrogens is 1. The summed E-state index contributed by atoms with van der Waals surface area (Å²) in [5.74, 6) is -2.22. The molecule has 0 bridgehead atoms. The van der Waals surface area contributed by atoms with Crippen LogP contribution in [0.3, 0.4) is 0 Å². The molecule has 31 heavy (non-hydrogen) atoms. The van der Waals surface area contributed by atoms with E-state index in [0.29, 0.717) is 17.6 Å². The highest BCUT2D eigenvalue weighted by molar-refractivity contribution is 6.40. The van der Waals surface area contributed by atoms with Crippen LogP contribution < -0.4 is 5.32 Å². The van der Waals surface area contributed by atoms with E-state index in [4.69, 9.17) is 0 Å². The molecule has 0 fully saturated rings. The number of hydrogen-bond donors (Lipinski definition) is 3. The van der Waals surface area contributed by atoms with Gasteiger partial charge < -0.3 is 20.1 Å². The lowest BCUT2D eigenvalue weighted by molar-refractivity contribution is -0.134. The molecular formula is C23H18N4O4. The van der Waals surface area contributed by atoms with Gasteiger partial charge >= 0.3 is 11.8 Å². The van der Waals surface area contributed by atoms with Gasteiger partial charge in [0.25, 0.3) is 0 Å². The van der Waals surface area contributed by atoms with E-state index in [-0.39, 0.29) is 17.3 Å². The molecule has 3 N–H and O–H groups in total. The summed E-state index contributed by atoms with van der Waals surface area (Å²) in [6.07, 6.45) is 0. The van der Waals surface area contributed by atoms with Crippen LogP contribution in [0.25, 0.3) is 10.9 Å². The topological polar surface area (TPSA) is 116 Å². The van der Waals surface area contributed by atoms with Crippen molar-refractivity contribution in [3.8, 4) is 11.6 Å². The van der Waals surface area contributed by atoms with Gasteiger partial charge in [-0.3, -0.25) is 9.59 Å². The molecule has 2 amide bonds. The van der Waals surface area contributed by atoms with E-state index in [1.54, 1.807) is 16.7 Å². The number of aromatic hydroxyl groups is 2. The van der Waals surface area contributed by atoms with Gasteiger partial charge in [-0.05, 0) is 35.9 Å². The molecule has 0 aliphatic heterocycles. The maximum atomic E-state index is 12.1. The Morgan fingerprint density at radius 3 is 2.29 bits per heavy atom. The minimum absolute atomic E-state index is 0.0337. The average molecular weight is 414 g/mol.